The molecule has 0 aromatic rings. The van der Waals surface area contributed by atoms with E-state index in [0.717, 1.165) is 0 Å². The van der Waals surface area contributed by atoms with Crippen molar-refractivity contribution in [3.8, 4) is 0 Å². The summed E-state index contributed by atoms with van der Waals surface area (Å²) >= 11 is 0. The van der Waals surface area contributed by atoms with Gasteiger partial charge in [0.1, 0.15) is 0 Å². The second kappa shape index (κ2) is 7.56. The Morgan fingerprint density at radius 3 is 1.92 bits per heavy atom. The molecule has 0 aliphatic heterocycles. The highest BCUT2D eigenvalue weighted by Crippen LogP contribution is 1.93. The zero-order valence-electron chi connectivity index (χ0n) is 9.14. The Labute approximate surface area is 77.5 Å². The van der Waals surface area contributed by atoms with Gasteiger partial charge in [-0.25, -0.2) is 0 Å². The average Bonchev–Trinajstić information content (AvgIpc) is 2.00. The van der Waals surface area contributed by atoms with Crippen LogP contribution in [0.3, 0.4) is 0 Å². The number of rotatable bonds is 7. The van der Waals surface area contributed by atoms with E-state index in [2.05, 4.69) is 37.9 Å². The molecule has 0 aromatic heterocycles. The molecule has 74 valence electrons. The summed E-state index contributed by atoms with van der Waals surface area (Å²) < 4.78 is 0. The molecule has 0 N–H and O–H groups in total. The van der Waals surface area contributed by atoms with E-state index in [9.17, 15) is 0 Å². The molecule has 2 nitrogen and oxygen atoms in total. The van der Waals surface area contributed by atoms with E-state index in [1.54, 1.807) is 0 Å². The third kappa shape index (κ3) is 8.02. The van der Waals surface area contributed by atoms with Gasteiger partial charge in [-0.1, -0.05) is 13.3 Å². The van der Waals surface area contributed by atoms with Crippen LogP contribution in [-0.2, 0) is 0 Å². The fourth-order valence-corrected chi connectivity index (χ4v) is 1.20. The van der Waals surface area contributed by atoms with E-state index in [0.29, 0.717) is 0 Å². The van der Waals surface area contributed by atoms with Crippen molar-refractivity contribution in [2.75, 3.05) is 40.8 Å². The van der Waals surface area contributed by atoms with Crippen LogP contribution in [0, 0.1) is 0 Å². The lowest BCUT2D eigenvalue weighted by Gasteiger charge is -2.17. The Hall–Kier alpha value is -0.0800. The van der Waals surface area contributed by atoms with Gasteiger partial charge in [0.25, 0.3) is 0 Å². The fourth-order valence-electron chi connectivity index (χ4n) is 1.20. The first-order valence-electron chi connectivity index (χ1n) is 5.00. The van der Waals surface area contributed by atoms with Gasteiger partial charge in [-0.3, -0.25) is 0 Å². The summed E-state index contributed by atoms with van der Waals surface area (Å²) in [5, 5.41) is 0. The van der Waals surface area contributed by atoms with E-state index >= 15 is 0 Å². The lowest BCUT2D eigenvalue weighted by atomic mass is 10.3. The van der Waals surface area contributed by atoms with Gasteiger partial charge in [-0.15, -0.1) is 0 Å². The minimum Gasteiger partial charge on any atom is -0.309 e. The SMILES string of the molecule is CCCCN(C)CCCN(C)C. The maximum atomic E-state index is 2.42. The van der Waals surface area contributed by atoms with E-state index in [1.807, 2.05) is 0 Å². The van der Waals surface area contributed by atoms with Crippen molar-refractivity contribution in [2.45, 2.75) is 26.2 Å². The van der Waals surface area contributed by atoms with Crippen molar-refractivity contribution >= 4 is 0 Å². The average molecular weight is 172 g/mol. The summed E-state index contributed by atoms with van der Waals surface area (Å²) in [6.07, 6.45) is 3.92. The monoisotopic (exact) mass is 172 g/mol. The van der Waals surface area contributed by atoms with E-state index in [1.165, 1.54) is 38.9 Å². The summed E-state index contributed by atoms with van der Waals surface area (Å²) in [6, 6.07) is 0. The molecular formula is C10H24N2. The highest BCUT2D eigenvalue weighted by Gasteiger charge is 1.97. The summed E-state index contributed by atoms with van der Waals surface area (Å²) in [6.45, 7) is 5.94. The third-order valence-electron chi connectivity index (χ3n) is 2.04. The molecule has 0 aliphatic carbocycles. The van der Waals surface area contributed by atoms with Gasteiger partial charge in [0.2, 0.25) is 0 Å². The first-order chi connectivity index (χ1) is 5.66. The lowest BCUT2D eigenvalue weighted by Crippen LogP contribution is -2.24. The number of nitrogens with zero attached hydrogens (tertiary/aromatic N) is 2. The van der Waals surface area contributed by atoms with Gasteiger partial charge in [0.05, 0.1) is 0 Å². The largest absolute Gasteiger partial charge is 0.309 e. The predicted molar refractivity (Wildman–Crippen MR) is 55.6 cm³/mol. The molecule has 0 saturated carbocycles. The van der Waals surface area contributed by atoms with Crippen molar-refractivity contribution in [3.05, 3.63) is 0 Å². The molecule has 0 fully saturated rings. The van der Waals surface area contributed by atoms with Crippen LogP contribution in [0.1, 0.15) is 26.2 Å². The Morgan fingerprint density at radius 1 is 0.833 bits per heavy atom. The molecule has 0 rings (SSSR count). The highest BCUT2D eigenvalue weighted by molar-refractivity contribution is 4.53. The maximum absolute atomic E-state index is 2.42. The van der Waals surface area contributed by atoms with E-state index < -0.39 is 0 Å². The van der Waals surface area contributed by atoms with Gasteiger partial charge in [-0.05, 0) is 53.6 Å². The smallest absolute Gasteiger partial charge is 0.000960 e. The van der Waals surface area contributed by atoms with Gasteiger partial charge in [0.15, 0.2) is 0 Å². The summed E-state index contributed by atoms with van der Waals surface area (Å²) in [5.41, 5.74) is 0. The molecule has 12 heavy (non-hydrogen) atoms. The summed E-state index contributed by atoms with van der Waals surface area (Å²) in [5.74, 6) is 0. The standard InChI is InChI=1S/C10H24N2/c1-5-6-9-12(4)10-7-8-11(2)3/h5-10H2,1-4H3. The first-order valence-corrected chi connectivity index (χ1v) is 5.00. The van der Waals surface area contributed by atoms with Crippen molar-refractivity contribution in [1.82, 2.24) is 9.80 Å². The fraction of sp³-hybridized carbons (Fsp3) is 1.00. The van der Waals surface area contributed by atoms with Crippen molar-refractivity contribution in [3.63, 3.8) is 0 Å². The Kier molecular flexibility index (Phi) is 7.51. The van der Waals surface area contributed by atoms with Gasteiger partial charge < -0.3 is 9.80 Å². The van der Waals surface area contributed by atoms with Crippen LogP contribution in [0.5, 0.6) is 0 Å². The Morgan fingerprint density at radius 2 is 1.42 bits per heavy atom. The molecule has 0 amide bonds. The summed E-state index contributed by atoms with van der Waals surface area (Å²) in [4.78, 5) is 4.67. The molecule has 0 bridgehead atoms. The van der Waals surface area contributed by atoms with E-state index in [4.69, 9.17) is 0 Å². The molecule has 0 spiro atoms. The number of hydrogen-bond donors (Lipinski definition) is 0. The zero-order chi connectivity index (χ0) is 9.40. The minimum absolute atomic E-state index is 1.20. The van der Waals surface area contributed by atoms with Crippen LogP contribution in [-0.4, -0.2) is 50.6 Å². The van der Waals surface area contributed by atoms with Crippen molar-refractivity contribution < 1.29 is 0 Å². The second-order valence-electron chi connectivity index (χ2n) is 3.81. The molecular weight excluding hydrogens is 148 g/mol. The van der Waals surface area contributed by atoms with Crippen LogP contribution in [0.25, 0.3) is 0 Å². The minimum atomic E-state index is 1.20. The first kappa shape index (κ1) is 11.9. The van der Waals surface area contributed by atoms with Crippen LogP contribution in [0.4, 0.5) is 0 Å². The van der Waals surface area contributed by atoms with Crippen LogP contribution in [0.2, 0.25) is 0 Å². The van der Waals surface area contributed by atoms with Gasteiger partial charge in [-0.2, -0.15) is 0 Å². The van der Waals surface area contributed by atoms with Crippen LogP contribution < -0.4 is 0 Å². The molecule has 0 atom stereocenters. The lowest BCUT2D eigenvalue weighted by molar-refractivity contribution is 0.297. The number of hydrogen-bond acceptors (Lipinski definition) is 2. The Balaban J connectivity index is 3.13. The topological polar surface area (TPSA) is 6.48 Å². The van der Waals surface area contributed by atoms with Crippen molar-refractivity contribution in [1.29, 1.82) is 0 Å². The Bertz CT molecular complexity index is 91.8. The number of unbranched alkanes of at least 4 members (excludes halogenated alkanes) is 1. The summed E-state index contributed by atoms with van der Waals surface area (Å²) in [7, 11) is 6.48. The molecule has 0 aliphatic rings. The van der Waals surface area contributed by atoms with Crippen LogP contribution in [0.15, 0.2) is 0 Å². The second-order valence-corrected chi connectivity index (χ2v) is 3.81. The predicted octanol–water partition coefficient (Wildman–Crippen LogP) is 1.67. The molecule has 0 unspecified atom stereocenters. The van der Waals surface area contributed by atoms with Gasteiger partial charge >= 0.3 is 0 Å². The quantitative estimate of drug-likeness (QED) is 0.576. The molecule has 0 saturated heterocycles. The molecule has 2 heteroatoms. The highest BCUT2D eigenvalue weighted by atomic mass is 15.1. The van der Waals surface area contributed by atoms with Crippen molar-refractivity contribution in [2.24, 2.45) is 0 Å². The van der Waals surface area contributed by atoms with Crippen LogP contribution >= 0.6 is 0 Å². The third-order valence-corrected chi connectivity index (χ3v) is 2.04. The zero-order valence-corrected chi connectivity index (χ0v) is 9.14. The molecule has 0 heterocycles. The molecule has 0 aromatic carbocycles. The van der Waals surface area contributed by atoms with Gasteiger partial charge in [0, 0.05) is 0 Å². The molecule has 0 radical (unpaired) electrons. The van der Waals surface area contributed by atoms with E-state index in [-0.39, 0.29) is 0 Å². The maximum Gasteiger partial charge on any atom is -0.000960 e. The normalized spacial score (nSPS) is 11.5.